The van der Waals surface area contributed by atoms with Gasteiger partial charge in [-0.1, -0.05) is 52.9 Å². The Morgan fingerprint density at radius 1 is 1.27 bits per heavy atom. The largest absolute Gasteiger partial charge is 0.414 e. The minimum Gasteiger partial charge on any atom is -0.414 e. The second-order valence-electron chi connectivity index (χ2n) is 3.92. The fourth-order valence-corrected chi connectivity index (χ4v) is 2.96. The van der Waals surface area contributed by atoms with Gasteiger partial charge in [0.1, 0.15) is 0 Å². The van der Waals surface area contributed by atoms with Crippen LogP contribution in [0, 0.1) is 0 Å². The van der Waals surface area contributed by atoms with Crippen molar-refractivity contribution in [1.82, 2.24) is 0 Å². The molecule has 3 heteroatoms. The molecule has 1 atom stereocenters. The summed E-state index contributed by atoms with van der Waals surface area (Å²) in [5.74, 6) is 0. The van der Waals surface area contributed by atoms with Crippen molar-refractivity contribution in [2.45, 2.75) is 32.0 Å². The van der Waals surface area contributed by atoms with Crippen LogP contribution >= 0.6 is 22.6 Å². The molecule has 0 amide bonds. The number of hydrogen-bond acceptors (Lipinski definition) is 1. The Labute approximate surface area is 108 Å². The third-order valence-electron chi connectivity index (χ3n) is 2.21. The first-order valence-electron chi connectivity index (χ1n) is 5.50. The van der Waals surface area contributed by atoms with Gasteiger partial charge >= 0.3 is 0 Å². The van der Waals surface area contributed by atoms with Crippen LogP contribution in [-0.4, -0.2) is 13.5 Å². The van der Waals surface area contributed by atoms with Gasteiger partial charge in [-0.25, -0.2) is 0 Å². The van der Waals surface area contributed by atoms with Gasteiger partial charge in [-0.3, -0.25) is 0 Å². The van der Waals surface area contributed by atoms with Crippen molar-refractivity contribution in [2.24, 2.45) is 0 Å². The van der Waals surface area contributed by atoms with Crippen LogP contribution in [0.4, 0.5) is 0 Å². The molecule has 0 aliphatic rings. The van der Waals surface area contributed by atoms with Crippen LogP contribution in [0.25, 0.3) is 0 Å². The Bertz CT molecular complexity index is 264. The third kappa shape index (κ3) is 5.13. The molecule has 0 bridgehead atoms. The fraction of sp³-hybridized carbons (Fsp3) is 0.500. The molecule has 1 rings (SSSR count). The van der Waals surface area contributed by atoms with Crippen LogP contribution in [0.2, 0.25) is 13.1 Å². The van der Waals surface area contributed by atoms with E-state index in [1.54, 1.807) is 0 Å². The lowest BCUT2D eigenvalue weighted by Crippen LogP contribution is -2.14. The maximum absolute atomic E-state index is 6.07. The first-order valence-corrected chi connectivity index (χ1v) is 9.81. The topological polar surface area (TPSA) is 9.23 Å². The van der Waals surface area contributed by atoms with Crippen molar-refractivity contribution in [2.75, 3.05) is 4.43 Å². The van der Waals surface area contributed by atoms with Crippen molar-refractivity contribution >= 4 is 31.6 Å². The smallest absolute Gasteiger partial charge is 0.171 e. The summed E-state index contributed by atoms with van der Waals surface area (Å²) in [5, 5.41) is 0. The highest BCUT2D eigenvalue weighted by Crippen LogP contribution is 2.23. The molecule has 0 saturated carbocycles. The second-order valence-corrected chi connectivity index (χ2v) is 7.36. The summed E-state index contributed by atoms with van der Waals surface area (Å²) in [5.41, 5.74) is 1.34. The van der Waals surface area contributed by atoms with Gasteiger partial charge in [0.05, 0.1) is 6.10 Å². The SMILES string of the molecule is C[SiH](C)O[C@@H](CCCI)c1ccccc1. The fourth-order valence-electron chi connectivity index (χ4n) is 1.57. The molecule has 15 heavy (non-hydrogen) atoms. The number of halogens is 1. The van der Waals surface area contributed by atoms with Gasteiger partial charge in [0.15, 0.2) is 9.04 Å². The number of hydrogen-bond donors (Lipinski definition) is 0. The maximum Gasteiger partial charge on any atom is 0.171 e. The van der Waals surface area contributed by atoms with E-state index in [9.17, 15) is 0 Å². The summed E-state index contributed by atoms with van der Waals surface area (Å²) in [6.45, 7) is 4.47. The van der Waals surface area contributed by atoms with Gasteiger partial charge in [0.25, 0.3) is 0 Å². The van der Waals surface area contributed by atoms with Crippen LogP contribution in [0.3, 0.4) is 0 Å². The van der Waals surface area contributed by atoms with Gasteiger partial charge in [-0.05, 0) is 35.9 Å². The lowest BCUT2D eigenvalue weighted by molar-refractivity contribution is 0.197. The van der Waals surface area contributed by atoms with E-state index in [2.05, 4.69) is 66.0 Å². The molecule has 1 aromatic rings. The molecule has 0 unspecified atom stereocenters. The zero-order chi connectivity index (χ0) is 11.1. The highest BCUT2D eigenvalue weighted by Gasteiger charge is 2.12. The predicted molar refractivity (Wildman–Crippen MR) is 77.3 cm³/mol. The zero-order valence-corrected chi connectivity index (χ0v) is 12.8. The summed E-state index contributed by atoms with van der Waals surface area (Å²) in [6.07, 6.45) is 2.71. The summed E-state index contributed by atoms with van der Waals surface area (Å²) < 4.78 is 7.29. The number of rotatable bonds is 6. The van der Waals surface area contributed by atoms with E-state index in [0.717, 1.165) is 6.42 Å². The van der Waals surface area contributed by atoms with Crippen molar-refractivity contribution in [3.8, 4) is 0 Å². The molecule has 0 spiro atoms. The first-order chi connectivity index (χ1) is 7.24. The minimum atomic E-state index is -0.943. The van der Waals surface area contributed by atoms with Crippen molar-refractivity contribution in [1.29, 1.82) is 0 Å². The highest BCUT2D eigenvalue weighted by atomic mass is 127. The van der Waals surface area contributed by atoms with Crippen molar-refractivity contribution in [3.63, 3.8) is 0 Å². The van der Waals surface area contributed by atoms with Crippen molar-refractivity contribution < 1.29 is 4.43 Å². The van der Waals surface area contributed by atoms with Gasteiger partial charge in [0.2, 0.25) is 0 Å². The van der Waals surface area contributed by atoms with Crippen molar-refractivity contribution in [3.05, 3.63) is 35.9 Å². The Morgan fingerprint density at radius 3 is 2.47 bits per heavy atom. The van der Waals surface area contributed by atoms with E-state index in [1.807, 2.05) is 0 Å². The Balaban J connectivity index is 2.63. The van der Waals surface area contributed by atoms with Crippen LogP contribution in [0.1, 0.15) is 24.5 Å². The summed E-state index contributed by atoms with van der Waals surface area (Å²) >= 11 is 2.43. The van der Waals surface area contributed by atoms with Crippen LogP contribution in [0.5, 0.6) is 0 Å². The quantitative estimate of drug-likeness (QED) is 0.435. The average molecular weight is 334 g/mol. The van der Waals surface area contributed by atoms with E-state index in [0.29, 0.717) is 6.10 Å². The van der Waals surface area contributed by atoms with Gasteiger partial charge < -0.3 is 4.43 Å². The monoisotopic (exact) mass is 334 g/mol. The molecule has 0 fully saturated rings. The lowest BCUT2D eigenvalue weighted by Gasteiger charge is -2.20. The molecular weight excluding hydrogens is 315 g/mol. The average Bonchev–Trinajstić information content (AvgIpc) is 2.25. The molecule has 0 aliphatic heterocycles. The summed E-state index contributed by atoms with van der Waals surface area (Å²) in [4.78, 5) is 0. The van der Waals surface area contributed by atoms with Crippen LogP contribution < -0.4 is 0 Å². The summed E-state index contributed by atoms with van der Waals surface area (Å²) in [7, 11) is -0.943. The second kappa shape index (κ2) is 7.41. The predicted octanol–water partition coefficient (Wildman–Crippen LogP) is 3.94. The van der Waals surface area contributed by atoms with E-state index < -0.39 is 9.04 Å². The van der Waals surface area contributed by atoms with E-state index >= 15 is 0 Å². The standard InChI is InChI=1S/C12H19IOSi/c1-15(2)14-12(9-6-10-13)11-7-4-3-5-8-11/h3-5,7-8,12,15H,6,9-10H2,1-2H3/t12-/m0/s1. The molecule has 1 nitrogen and oxygen atoms in total. The molecule has 0 aromatic heterocycles. The molecule has 0 radical (unpaired) electrons. The van der Waals surface area contributed by atoms with Gasteiger partial charge in [-0.2, -0.15) is 0 Å². The number of alkyl halides is 1. The molecule has 0 saturated heterocycles. The molecule has 0 heterocycles. The lowest BCUT2D eigenvalue weighted by atomic mass is 10.1. The van der Waals surface area contributed by atoms with E-state index in [4.69, 9.17) is 4.43 Å². The maximum atomic E-state index is 6.07. The van der Waals surface area contributed by atoms with Gasteiger partial charge in [-0.15, -0.1) is 0 Å². The van der Waals surface area contributed by atoms with E-state index in [-0.39, 0.29) is 0 Å². The van der Waals surface area contributed by atoms with Crippen LogP contribution in [0.15, 0.2) is 30.3 Å². The first kappa shape index (κ1) is 13.2. The molecule has 0 aliphatic carbocycles. The Hall–Kier alpha value is 0.127. The van der Waals surface area contributed by atoms with E-state index in [1.165, 1.54) is 16.4 Å². The molecule has 84 valence electrons. The third-order valence-corrected chi connectivity index (χ3v) is 3.84. The molecular formula is C12H19IOSi. The summed E-state index contributed by atoms with van der Waals surface area (Å²) in [6, 6.07) is 10.6. The molecule has 1 aromatic carbocycles. The minimum absolute atomic E-state index is 0.327. The Morgan fingerprint density at radius 2 is 1.93 bits per heavy atom. The van der Waals surface area contributed by atoms with Crippen LogP contribution in [-0.2, 0) is 4.43 Å². The molecule has 0 N–H and O–H groups in total. The number of benzene rings is 1. The zero-order valence-electron chi connectivity index (χ0n) is 9.45. The highest BCUT2D eigenvalue weighted by molar-refractivity contribution is 14.1. The van der Waals surface area contributed by atoms with Gasteiger partial charge in [0, 0.05) is 0 Å². The normalized spacial score (nSPS) is 13.1. The Kier molecular flexibility index (Phi) is 6.52.